The van der Waals surface area contributed by atoms with Gasteiger partial charge in [-0.3, -0.25) is 9.79 Å². The van der Waals surface area contributed by atoms with E-state index in [1.165, 1.54) is 11.3 Å². The Balaban J connectivity index is 0.00000900. The number of nitrogens with zero attached hydrogens (tertiary/aromatic N) is 1. The monoisotopic (exact) mass is 567 g/mol. The Bertz CT molecular complexity index is 686. The molecular weight excluding hydrogens is 529 g/mol. The molecule has 10 heteroatoms. The highest BCUT2D eigenvalue weighted by Crippen LogP contribution is 2.16. The van der Waals surface area contributed by atoms with Crippen molar-refractivity contribution in [3.05, 3.63) is 22.4 Å². The van der Waals surface area contributed by atoms with Crippen LogP contribution in [0.4, 0.5) is 4.79 Å². The molecule has 0 aliphatic heterocycles. The van der Waals surface area contributed by atoms with E-state index in [9.17, 15) is 9.59 Å². The number of amides is 2. The zero-order valence-corrected chi connectivity index (χ0v) is 22.6. The van der Waals surface area contributed by atoms with Crippen LogP contribution >= 0.6 is 35.3 Å². The fourth-order valence-corrected chi connectivity index (χ4v) is 3.35. The molecule has 1 heterocycles. The first-order valence-corrected chi connectivity index (χ1v) is 11.3. The van der Waals surface area contributed by atoms with Crippen LogP contribution in [-0.4, -0.2) is 55.8 Å². The molecule has 0 aliphatic carbocycles. The van der Waals surface area contributed by atoms with Gasteiger partial charge in [0.2, 0.25) is 0 Å². The molecule has 1 aromatic heterocycles. The summed E-state index contributed by atoms with van der Waals surface area (Å²) in [5.41, 5.74) is -0.976. The SMILES string of the molecule is CCC(CC)(CNC(=NC)NCCCNC(=O)c1cccs1)NC(=O)OC(C)(C)C.I. The van der Waals surface area contributed by atoms with Gasteiger partial charge in [-0.25, -0.2) is 4.79 Å². The highest BCUT2D eigenvalue weighted by molar-refractivity contribution is 14.0. The summed E-state index contributed by atoms with van der Waals surface area (Å²) in [6, 6.07) is 3.67. The third-order valence-corrected chi connectivity index (χ3v) is 5.48. The smallest absolute Gasteiger partial charge is 0.408 e. The van der Waals surface area contributed by atoms with E-state index in [1.807, 2.05) is 52.1 Å². The maximum absolute atomic E-state index is 12.2. The van der Waals surface area contributed by atoms with Gasteiger partial charge in [-0.15, -0.1) is 35.3 Å². The second-order valence-electron chi connectivity index (χ2n) is 8.05. The van der Waals surface area contributed by atoms with E-state index in [4.69, 9.17) is 4.74 Å². The number of ether oxygens (including phenoxy) is 1. The average Bonchev–Trinajstić information content (AvgIpc) is 3.22. The number of carbonyl (C=O) groups excluding carboxylic acids is 2. The van der Waals surface area contributed by atoms with E-state index in [2.05, 4.69) is 26.3 Å². The minimum Gasteiger partial charge on any atom is -0.444 e. The number of nitrogens with one attached hydrogen (secondary N) is 4. The van der Waals surface area contributed by atoms with Gasteiger partial charge in [0.05, 0.1) is 10.4 Å². The van der Waals surface area contributed by atoms with Crippen molar-refractivity contribution in [2.45, 2.75) is 65.0 Å². The predicted octanol–water partition coefficient (Wildman–Crippen LogP) is 3.73. The molecule has 0 aromatic carbocycles. The third kappa shape index (κ3) is 11.6. The molecule has 0 atom stereocenters. The summed E-state index contributed by atoms with van der Waals surface area (Å²) in [5, 5.41) is 14.3. The van der Waals surface area contributed by atoms with Crippen molar-refractivity contribution in [2.24, 2.45) is 4.99 Å². The summed E-state index contributed by atoms with van der Waals surface area (Å²) in [6.45, 7) is 11.4. The molecule has 31 heavy (non-hydrogen) atoms. The number of alkyl carbamates (subject to hydrolysis) is 1. The number of halogens is 1. The first-order chi connectivity index (χ1) is 14.1. The lowest BCUT2D eigenvalue weighted by Crippen LogP contribution is -2.57. The quantitative estimate of drug-likeness (QED) is 0.149. The maximum Gasteiger partial charge on any atom is 0.408 e. The van der Waals surface area contributed by atoms with E-state index in [1.54, 1.807) is 7.05 Å². The van der Waals surface area contributed by atoms with Crippen LogP contribution in [0.25, 0.3) is 0 Å². The average molecular weight is 568 g/mol. The lowest BCUT2D eigenvalue weighted by molar-refractivity contribution is 0.0448. The zero-order chi connectivity index (χ0) is 22.6. The molecule has 178 valence electrons. The molecule has 0 saturated carbocycles. The minimum absolute atomic E-state index is 0. The predicted molar refractivity (Wildman–Crippen MR) is 139 cm³/mol. The van der Waals surface area contributed by atoms with Crippen molar-refractivity contribution < 1.29 is 14.3 Å². The molecule has 0 saturated heterocycles. The zero-order valence-electron chi connectivity index (χ0n) is 19.5. The van der Waals surface area contributed by atoms with Crippen LogP contribution in [-0.2, 0) is 4.74 Å². The molecule has 0 spiro atoms. The van der Waals surface area contributed by atoms with Crippen molar-refractivity contribution in [2.75, 3.05) is 26.7 Å². The standard InChI is InChI=1S/C21H37N5O3S.HI/c1-7-21(8-2,26-19(28)29-20(3,4)5)15-25-18(22-6)24-13-10-12-23-17(27)16-11-9-14-30-16;/h9,11,14H,7-8,10,12-13,15H2,1-6H3,(H,23,27)(H,26,28)(H2,22,24,25);1H. The van der Waals surface area contributed by atoms with E-state index in [0.717, 1.165) is 19.3 Å². The van der Waals surface area contributed by atoms with Crippen molar-refractivity contribution in [3.63, 3.8) is 0 Å². The van der Waals surface area contributed by atoms with Gasteiger partial charge in [-0.05, 0) is 51.5 Å². The number of thiophene rings is 1. The Morgan fingerprint density at radius 2 is 1.74 bits per heavy atom. The van der Waals surface area contributed by atoms with Crippen LogP contribution in [0.2, 0.25) is 0 Å². The van der Waals surface area contributed by atoms with Gasteiger partial charge in [0, 0.05) is 26.7 Å². The van der Waals surface area contributed by atoms with Gasteiger partial charge >= 0.3 is 6.09 Å². The van der Waals surface area contributed by atoms with Crippen molar-refractivity contribution in [1.29, 1.82) is 0 Å². The van der Waals surface area contributed by atoms with Crippen LogP contribution < -0.4 is 21.3 Å². The molecule has 0 radical (unpaired) electrons. The van der Waals surface area contributed by atoms with Gasteiger partial charge in [0.25, 0.3) is 5.91 Å². The van der Waals surface area contributed by atoms with E-state index in [-0.39, 0.29) is 29.9 Å². The van der Waals surface area contributed by atoms with Crippen LogP contribution in [0.3, 0.4) is 0 Å². The summed E-state index contributed by atoms with van der Waals surface area (Å²) < 4.78 is 5.41. The Hall–Kier alpha value is -1.56. The van der Waals surface area contributed by atoms with Crippen LogP contribution in [0.15, 0.2) is 22.5 Å². The number of guanidine groups is 1. The molecule has 0 aliphatic rings. The number of aliphatic imine (C=N–C) groups is 1. The van der Waals surface area contributed by atoms with Crippen LogP contribution in [0.5, 0.6) is 0 Å². The highest BCUT2D eigenvalue weighted by atomic mass is 127. The lowest BCUT2D eigenvalue weighted by Gasteiger charge is -2.34. The summed E-state index contributed by atoms with van der Waals surface area (Å²) >= 11 is 1.43. The number of hydrogen-bond donors (Lipinski definition) is 4. The molecule has 8 nitrogen and oxygen atoms in total. The first-order valence-electron chi connectivity index (χ1n) is 10.4. The number of rotatable bonds is 10. The fourth-order valence-electron chi connectivity index (χ4n) is 2.71. The second-order valence-corrected chi connectivity index (χ2v) is 9.00. The summed E-state index contributed by atoms with van der Waals surface area (Å²) in [5.74, 6) is 0.605. The van der Waals surface area contributed by atoms with Gasteiger partial charge in [0.1, 0.15) is 5.60 Å². The normalized spacial score (nSPS) is 11.9. The number of hydrogen-bond acceptors (Lipinski definition) is 5. The van der Waals surface area contributed by atoms with E-state index >= 15 is 0 Å². The third-order valence-electron chi connectivity index (χ3n) is 4.61. The first kappa shape index (κ1) is 29.4. The Kier molecular flexibility index (Phi) is 13.8. The van der Waals surface area contributed by atoms with Crippen LogP contribution in [0, 0.1) is 0 Å². The molecule has 2 amide bonds. The van der Waals surface area contributed by atoms with Gasteiger partial charge < -0.3 is 26.0 Å². The molecule has 4 N–H and O–H groups in total. The Morgan fingerprint density at radius 3 is 2.26 bits per heavy atom. The summed E-state index contributed by atoms with van der Waals surface area (Å²) in [6.07, 6.45) is 1.85. The van der Waals surface area contributed by atoms with Gasteiger partial charge in [0.15, 0.2) is 5.96 Å². The van der Waals surface area contributed by atoms with Gasteiger partial charge in [-0.1, -0.05) is 19.9 Å². The van der Waals surface area contributed by atoms with E-state index in [0.29, 0.717) is 30.5 Å². The topological polar surface area (TPSA) is 104 Å². The van der Waals surface area contributed by atoms with Gasteiger partial charge in [-0.2, -0.15) is 0 Å². The van der Waals surface area contributed by atoms with Crippen molar-refractivity contribution in [3.8, 4) is 0 Å². The molecular formula is C21H38IN5O3S. The summed E-state index contributed by atoms with van der Waals surface area (Å²) in [4.78, 5) is 29.1. The van der Waals surface area contributed by atoms with Crippen molar-refractivity contribution >= 4 is 53.3 Å². The molecule has 0 bridgehead atoms. The molecule has 0 unspecified atom stereocenters. The highest BCUT2D eigenvalue weighted by Gasteiger charge is 2.30. The minimum atomic E-state index is -0.540. The fraction of sp³-hybridized carbons (Fsp3) is 0.667. The lowest BCUT2D eigenvalue weighted by atomic mass is 9.93. The molecule has 1 aromatic rings. The summed E-state index contributed by atoms with van der Waals surface area (Å²) in [7, 11) is 1.70. The van der Waals surface area contributed by atoms with Crippen LogP contribution in [0.1, 0.15) is 63.6 Å². The number of carbonyl (C=O) groups is 2. The van der Waals surface area contributed by atoms with Crippen molar-refractivity contribution in [1.82, 2.24) is 21.3 Å². The largest absolute Gasteiger partial charge is 0.444 e. The van der Waals surface area contributed by atoms with E-state index < -0.39 is 17.2 Å². The molecule has 0 fully saturated rings. The maximum atomic E-state index is 12.2. The second kappa shape index (κ2) is 14.5. The Morgan fingerprint density at radius 1 is 1.10 bits per heavy atom. The Labute approximate surface area is 207 Å². The molecule has 1 rings (SSSR count).